The van der Waals surface area contributed by atoms with Crippen molar-refractivity contribution in [2.75, 3.05) is 13.2 Å². The van der Waals surface area contributed by atoms with Crippen molar-refractivity contribution in [2.24, 2.45) is 0 Å². The number of ether oxygens (including phenoxy) is 2. The first-order chi connectivity index (χ1) is 14.0. The molecule has 1 aliphatic rings. The van der Waals surface area contributed by atoms with Crippen molar-refractivity contribution in [1.82, 2.24) is 0 Å². The third-order valence-corrected chi connectivity index (χ3v) is 5.51. The summed E-state index contributed by atoms with van der Waals surface area (Å²) in [6, 6.07) is 7.65. The molecule has 2 unspecified atom stereocenters. The van der Waals surface area contributed by atoms with E-state index in [1.807, 2.05) is 6.92 Å². The molecule has 0 N–H and O–H groups in total. The van der Waals surface area contributed by atoms with E-state index in [9.17, 15) is 13.2 Å². The maximum absolute atomic E-state index is 14.8. The van der Waals surface area contributed by atoms with Gasteiger partial charge >= 0.3 is 0 Å². The van der Waals surface area contributed by atoms with Gasteiger partial charge in [-0.25, -0.2) is 13.2 Å². The molecule has 0 radical (unpaired) electrons. The topological polar surface area (TPSA) is 18.5 Å². The summed E-state index contributed by atoms with van der Waals surface area (Å²) in [5.74, 6) is -2.21. The van der Waals surface area contributed by atoms with E-state index in [2.05, 4.69) is 6.92 Å². The van der Waals surface area contributed by atoms with Crippen molar-refractivity contribution in [3.8, 4) is 11.1 Å². The summed E-state index contributed by atoms with van der Waals surface area (Å²) in [5, 5.41) is 0. The Balaban J connectivity index is 1.76. The first-order valence-corrected chi connectivity index (χ1v) is 10.5. The van der Waals surface area contributed by atoms with Crippen LogP contribution in [0.15, 0.2) is 30.3 Å². The van der Waals surface area contributed by atoms with E-state index in [1.165, 1.54) is 12.1 Å². The molecule has 0 aromatic heterocycles. The number of aryl methyl sites for hydroxylation is 1. The largest absolute Gasteiger partial charge is 0.376 e. The molecule has 2 aromatic carbocycles. The maximum Gasteiger partial charge on any atom is 0.166 e. The van der Waals surface area contributed by atoms with Crippen molar-refractivity contribution in [3.63, 3.8) is 0 Å². The molecular formula is C24H29F3O2. The summed E-state index contributed by atoms with van der Waals surface area (Å²) < 4.78 is 55.1. The minimum Gasteiger partial charge on any atom is -0.376 e. The van der Waals surface area contributed by atoms with Crippen molar-refractivity contribution in [3.05, 3.63) is 58.9 Å². The molecule has 0 saturated carbocycles. The number of unbranched alkanes of at least 4 members (excludes halogenated alkanes) is 2. The molecule has 29 heavy (non-hydrogen) atoms. The summed E-state index contributed by atoms with van der Waals surface area (Å²) in [5.41, 5.74) is 1.22. The van der Waals surface area contributed by atoms with E-state index < -0.39 is 17.5 Å². The molecule has 0 amide bonds. The predicted molar refractivity (Wildman–Crippen MR) is 108 cm³/mol. The Labute approximate surface area is 171 Å². The smallest absolute Gasteiger partial charge is 0.166 e. The lowest BCUT2D eigenvalue weighted by Crippen LogP contribution is -2.27. The van der Waals surface area contributed by atoms with Crippen LogP contribution in [-0.4, -0.2) is 19.3 Å². The lowest BCUT2D eigenvalue weighted by Gasteiger charge is -2.29. The summed E-state index contributed by atoms with van der Waals surface area (Å²) >= 11 is 0. The first kappa shape index (κ1) is 21.8. The van der Waals surface area contributed by atoms with E-state index in [-0.39, 0.29) is 17.8 Å². The third-order valence-electron chi connectivity index (χ3n) is 5.51. The summed E-state index contributed by atoms with van der Waals surface area (Å²) in [7, 11) is 0. The van der Waals surface area contributed by atoms with Crippen LogP contribution in [-0.2, 0) is 15.9 Å². The minimum atomic E-state index is -0.917. The number of halogens is 3. The van der Waals surface area contributed by atoms with Gasteiger partial charge in [-0.05, 0) is 49.8 Å². The van der Waals surface area contributed by atoms with Crippen LogP contribution in [0.2, 0.25) is 0 Å². The fourth-order valence-corrected chi connectivity index (χ4v) is 3.87. The van der Waals surface area contributed by atoms with Gasteiger partial charge in [0.1, 0.15) is 5.82 Å². The lowest BCUT2D eigenvalue weighted by molar-refractivity contribution is -0.0849. The van der Waals surface area contributed by atoms with Gasteiger partial charge in [-0.3, -0.25) is 0 Å². The predicted octanol–water partition coefficient (Wildman–Crippen LogP) is 6.76. The molecule has 1 fully saturated rings. The summed E-state index contributed by atoms with van der Waals surface area (Å²) in [6.07, 6.45) is 4.49. The van der Waals surface area contributed by atoms with Gasteiger partial charge in [-0.1, -0.05) is 44.0 Å². The van der Waals surface area contributed by atoms with E-state index in [0.29, 0.717) is 42.7 Å². The van der Waals surface area contributed by atoms with Gasteiger partial charge in [0.2, 0.25) is 0 Å². The zero-order chi connectivity index (χ0) is 20.8. The van der Waals surface area contributed by atoms with Crippen LogP contribution in [0.3, 0.4) is 0 Å². The van der Waals surface area contributed by atoms with Crippen LogP contribution in [0.4, 0.5) is 13.2 Å². The van der Waals surface area contributed by atoms with Crippen LogP contribution < -0.4 is 0 Å². The van der Waals surface area contributed by atoms with Crippen LogP contribution >= 0.6 is 0 Å². The second-order valence-electron chi connectivity index (χ2n) is 7.57. The van der Waals surface area contributed by atoms with Gasteiger partial charge in [0.25, 0.3) is 0 Å². The van der Waals surface area contributed by atoms with Gasteiger partial charge in [-0.2, -0.15) is 0 Å². The van der Waals surface area contributed by atoms with Gasteiger partial charge in [0.15, 0.2) is 11.6 Å². The molecule has 5 heteroatoms. The fraction of sp³-hybridized carbons (Fsp3) is 0.500. The van der Waals surface area contributed by atoms with Crippen LogP contribution in [0.5, 0.6) is 0 Å². The van der Waals surface area contributed by atoms with Crippen LogP contribution in [0.25, 0.3) is 11.1 Å². The van der Waals surface area contributed by atoms with E-state index >= 15 is 0 Å². The molecule has 2 aromatic rings. The Morgan fingerprint density at radius 1 is 1.00 bits per heavy atom. The average molecular weight is 406 g/mol. The molecule has 0 bridgehead atoms. The SMILES string of the molecule is CCCCCc1ccc(-c2ccc(C3CCC(OCC)CO3)c(F)c2)c(F)c1F. The standard InChI is InChI=1S/C24H29F3O2/c1-3-5-6-7-16-8-11-19(24(27)23(16)26)17-9-12-20(21(25)14-17)22-13-10-18(15-29-22)28-4-2/h8-9,11-12,14,18,22H,3-7,10,13,15H2,1-2H3. The van der Waals surface area contributed by atoms with Crippen molar-refractivity contribution >= 4 is 0 Å². The monoisotopic (exact) mass is 406 g/mol. The molecule has 1 saturated heterocycles. The van der Waals surface area contributed by atoms with E-state index in [1.54, 1.807) is 18.2 Å². The molecule has 2 nitrogen and oxygen atoms in total. The first-order valence-electron chi connectivity index (χ1n) is 10.5. The number of hydrogen-bond acceptors (Lipinski definition) is 2. The quantitative estimate of drug-likeness (QED) is 0.451. The molecule has 1 aliphatic heterocycles. The second-order valence-corrected chi connectivity index (χ2v) is 7.57. The van der Waals surface area contributed by atoms with Crippen molar-refractivity contribution < 1.29 is 22.6 Å². The molecule has 158 valence electrons. The fourth-order valence-electron chi connectivity index (χ4n) is 3.87. The van der Waals surface area contributed by atoms with Crippen LogP contribution in [0, 0.1) is 17.5 Å². The Morgan fingerprint density at radius 3 is 2.48 bits per heavy atom. The highest BCUT2D eigenvalue weighted by Gasteiger charge is 2.25. The number of hydrogen-bond donors (Lipinski definition) is 0. The van der Waals surface area contributed by atoms with Crippen molar-refractivity contribution in [1.29, 1.82) is 0 Å². The minimum absolute atomic E-state index is 0.0477. The highest BCUT2D eigenvalue weighted by molar-refractivity contribution is 5.65. The average Bonchev–Trinajstić information content (AvgIpc) is 2.72. The highest BCUT2D eigenvalue weighted by atomic mass is 19.2. The van der Waals surface area contributed by atoms with E-state index in [0.717, 1.165) is 25.7 Å². The molecular weight excluding hydrogens is 377 g/mol. The van der Waals surface area contributed by atoms with E-state index in [4.69, 9.17) is 9.47 Å². The maximum atomic E-state index is 14.8. The second kappa shape index (κ2) is 10.3. The van der Waals surface area contributed by atoms with Gasteiger partial charge in [0, 0.05) is 17.7 Å². The normalized spacial score (nSPS) is 19.5. The number of benzene rings is 2. The summed E-state index contributed by atoms with van der Waals surface area (Å²) in [6.45, 7) is 5.05. The summed E-state index contributed by atoms with van der Waals surface area (Å²) in [4.78, 5) is 0. The molecule has 0 spiro atoms. The van der Waals surface area contributed by atoms with Gasteiger partial charge in [-0.15, -0.1) is 0 Å². The Hall–Kier alpha value is -1.85. The molecule has 3 rings (SSSR count). The zero-order valence-electron chi connectivity index (χ0n) is 17.1. The Bertz CT molecular complexity index is 814. The molecule has 1 heterocycles. The van der Waals surface area contributed by atoms with Gasteiger partial charge < -0.3 is 9.47 Å². The molecule has 0 aliphatic carbocycles. The zero-order valence-corrected chi connectivity index (χ0v) is 17.1. The van der Waals surface area contributed by atoms with Gasteiger partial charge in [0.05, 0.1) is 18.8 Å². The third kappa shape index (κ3) is 5.20. The highest BCUT2D eigenvalue weighted by Crippen LogP contribution is 2.34. The Kier molecular flexibility index (Phi) is 7.73. The van der Waals surface area contributed by atoms with Crippen LogP contribution in [0.1, 0.15) is 63.2 Å². The Morgan fingerprint density at radius 2 is 1.83 bits per heavy atom. The molecule has 2 atom stereocenters. The van der Waals surface area contributed by atoms with Crippen molar-refractivity contribution in [2.45, 2.75) is 64.6 Å². The number of rotatable bonds is 8. The lowest BCUT2D eigenvalue weighted by atomic mass is 9.95.